The number of halogens is 1. The quantitative estimate of drug-likeness (QED) is 0.225. The number of ketones is 1. The summed E-state index contributed by atoms with van der Waals surface area (Å²) >= 11 is 3.52. The Labute approximate surface area is 251 Å². The maximum absolute atomic E-state index is 13.3. The van der Waals surface area contributed by atoms with E-state index in [2.05, 4.69) is 15.9 Å². The summed E-state index contributed by atoms with van der Waals surface area (Å²) in [6.45, 7) is 11.3. The molecule has 41 heavy (non-hydrogen) atoms. The Morgan fingerprint density at radius 1 is 1.22 bits per heavy atom. The number of ether oxygens (including phenoxy) is 3. The number of carbonyl (C=O) groups is 3. The van der Waals surface area contributed by atoms with Gasteiger partial charge in [0.1, 0.15) is 23.5 Å². The first-order valence-electron chi connectivity index (χ1n) is 14.2. The van der Waals surface area contributed by atoms with Crippen molar-refractivity contribution in [3.8, 4) is 5.75 Å². The van der Waals surface area contributed by atoms with Crippen LogP contribution < -0.4 is 0 Å². The lowest BCUT2D eigenvalue weighted by Crippen LogP contribution is -2.37. The highest BCUT2D eigenvalue weighted by atomic mass is 79.9. The van der Waals surface area contributed by atoms with E-state index in [1.165, 1.54) is 0 Å². The number of aromatic hydroxyl groups is 1. The van der Waals surface area contributed by atoms with Gasteiger partial charge in [-0.3, -0.25) is 9.59 Å². The van der Waals surface area contributed by atoms with Gasteiger partial charge in [0, 0.05) is 23.4 Å². The summed E-state index contributed by atoms with van der Waals surface area (Å²) in [5, 5.41) is 21.1. The second kappa shape index (κ2) is 13.7. The highest BCUT2D eigenvalue weighted by molar-refractivity contribution is 9.10. The van der Waals surface area contributed by atoms with Crippen LogP contribution in [0.4, 0.5) is 0 Å². The van der Waals surface area contributed by atoms with E-state index in [1.807, 2.05) is 33.8 Å². The van der Waals surface area contributed by atoms with Crippen LogP contribution in [-0.2, 0) is 28.6 Å². The first-order chi connectivity index (χ1) is 19.2. The number of phenols is 1. The smallest absolute Gasteiger partial charge is 0.342 e. The number of cyclic esters (lactones) is 1. The highest BCUT2D eigenvalue weighted by Crippen LogP contribution is 2.43. The van der Waals surface area contributed by atoms with Crippen molar-refractivity contribution in [3.05, 3.63) is 51.5 Å². The van der Waals surface area contributed by atoms with Gasteiger partial charge in [-0.05, 0) is 66.9 Å². The van der Waals surface area contributed by atoms with Crippen LogP contribution >= 0.6 is 15.9 Å². The predicted molar refractivity (Wildman–Crippen MR) is 158 cm³/mol. The fourth-order valence-corrected chi connectivity index (χ4v) is 6.35. The lowest BCUT2D eigenvalue weighted by Gasteiger charge is -2.36. The molecule has 7 atom stereocenters. The lowest BCUT2D eigenvalue weighted by molar-refractivity contribution is -0.149. The number of hydrogen-bond acceptors (Lipinski definition) is 8. The molecular formula is C32H43BrO8. The standard InChI is InChI=1S/C32H43BrO8/c1-17(29(36)18(2)9-13-25(39-7)22-14-21(34)10-12-24(22)33)8-11-23-28(30(37)19(3)16-32(23,5)6)31(38)41-26-15-27(35)40-20(26)4/h8,10-12,14,17-20,25-26,29,34,36H,9,13,15-16H2,1-7H3. The Balaban J connectivity index is 1.76. The van der Waals surface area contributed by atoms with E-state index < -0.39 is 35.7 Å². The molecule has 9 heteroatoms. The molecule has 1 fully saturated rings. The first kappa shape index (κ1) is 33.0. The second-order valence-electron chi connectivity index (χ2n) is 12.2. The van der Waals surface area contributed by atoms with Gasteiger partial charge in [-0.2, -0.15) is 0 Å². The number of Topliss-reactive ketones (excluding diaryl/α,β-unsaturated/α-hetero) is 1. The number of phenolic OH excluding ortho intramolecular Hbond substituents is 1. The van der Waals surface area contributed by atoms with E-state index in [4.69, 9.17) is 14.2 Å². The Hall–Kier alpha value is -2.49. The van der Waals surface area contributed by atoms with Gasteiger partial charge >= 0.3 is 11.9 Å². The van der Waals surface area contributed by atoms with Crippen molar-refractivity contribution in [2.75, 3.05) is 7.11 Å². The van der Waals surface area contributed by atoms with Crippen molar-refractivity contribution in [2.24, 2.45) is 23.2 Å². The van der Waals surface area contributed by atoms with Crippen molar-refractivity contribution in [1.82, 2.24) is 0 Å². The number of esters is 2. The van der Waals surface area contributed by atoms with Crippen LogP contribution in [0.3, 0.4) is 0 Å². The average molecular weight is 636 g/mol. The maximum atomic E-state index is 13.3. The molecule has 1 aromatic rings. The fraction of sp³-hybridized carbons (Fsp3) is 0.594. The third-order valence-electron chi connectivity index (χ3n) is 8.36. The summed E-state index contributed by atoms with van der Waals surface area (Å²) in [6, 6.07) is 5.06. The molecule has 0 spiro atoms. The number of allylic oxidation sites excluding steroid dienone is 2. The molecule has 0 saturated carbocycles. The first-order valence-corrected chi connectivity index (χ1v) is 15.0. The van der Waals surface area contributed by atoms with E-state index in [0.29, 0.717) is 24.8 Å². The van der Waals surface area contributed by atoms with Crippen LogP contribution in [0.15, 0.2) is 46.0 Å². The Bertz CT molecular complexity index is 1200. The van der Waals surface area contributed by atoms with E-state index in [9.17, 15) is 24.6 Å². The minimum atomic E-state index is -0.741. The summed E-state index contributed by atoms with van der Waals surface area (Å²) in [7, 11) is 1.62. The Morgan fingerprint density at radius 3 is 2.51 bits per heavy atom. The lowest BCUT2D eigenvalue weighted by atomic mass is 9.67. The summed E-state index contributed by atoms with van der Waals surface area (Å²) in [4.78, 5) is 38.2. The minimum absolute atomic E-state index is 0.00548. The van der Waals surface area contributed by atoms with Gasteiger partial charge in [0.15, 0.2) is 5.78 Å². The molecule has 2 N–H and O–H groups in total. The number of hydrogen-bond donors (Lipinski definition) is 2. The van der Waals surface area contributed by atoms with E-state index in [-0.39, 0.29) is 47.4 Å². The fourth-order valence-electron chi connectivity index (χ4n) is 5.84. The zero-order chi connectivity index (χ0) is 30.6. The van der Waals surface area contributed by atoms with Gasteiger partial charge in [0.2, 0.25) is 0 Å². The number of carbonyl (C=O) groups excluding carboxylic acids is 3. The summed E-state index contributed by atoms with van der Waals surface area (Å²) in [5.41, 5.74) is 0.937. The topological polar surface area (TPSA) is 119 Å². The molecule has 0 radical (unpaired) electrons. The van der Waals surface area contributed by atoms with Crippen LogP contribution in [0.25, 0.3) is 0 Å². The van der Waals surface area contributed by atoms with Gasteiger partial charge in [-0.15, -0.1) is 0 Å². The van der Waals surface area contributed by atoms with E-state index in [0.717, 1.165) is 10.0 Å². The molecular weight excluding hydrogens is 592 g/mol. The Kier molecular flexibility index (Phi) is 11.0. The highest BCUT2D eigenvalue weighted by Gasteiger charge is 2.43. The summed E-state index contributed by atoms with van der Waals surface area (Å²) < 4.78 is 17.2. The maximum Gasteiger partial charge on any atom is 0.342 e. The molecule has 0 bridgehead atoms. The van der Waals surface area contributed by atoms with Crippen molar-refractivity contribution in [3.63, 3.8) is 0 Å². The zero-order valence-electron chi connectivity index (χ0n) is 25.0. The van der Waals surface area contributed by atoms with Crippen LogP contribution in [0.5, 0.6) is 5.75 Å². The van der Waals surface area contributed by atoms with E-state index >= 15 is 0 Å². The van der Waals surface area contributed by atoms with Gasteiger partial charge in [0.25, 0.3) is 0 Å². The average Bonchev–Trinajstić information content (AvgIpc) is 3.22. The normalized spacial score (nSPS) is 25.6. The SMILES string of the molecule is COC(CCC(C)C(O)C(C)C=CC1=C(C(=O)OC2CC(=O)OC2C)C(=O)C(C)CC1(C)C)c1cc(O)ccc1Br. The monoisotopic (exact) mass is 634 g/mol. The number of aliphatic hydroxyl groups is 1. The zero-order valence-corrected chi connectivity index (χ0v) is 26.6. The largest absolute Gasteiger partial charge is 0.508 e. The van der Waals surface area contributed by atoms with E-state index in [1.54, 1.807) is 45.2 Å². The molecule has 0 aromatic heterocycles. The molecule has 7 unspecified atom stereocenters. The molecule has 1 saturated heterocycles. The van der Waals surface area contributed by atoms with Crippen molar-refractivity contribution in [2.45, 2.75) is 91.6 Å². The predicted octanol–water partition coefficient (Wildman–Crippen LogP) is 5.99. The van der Waals surface area contributed by atoms with Crippen LogP contribution in [0, 0.1) is 23.2 Å². The number of aliphatic hydroxyl groups excluding tert-OH is 1. The Morgan fingerprint density at radius 2 is 1.90 bits per heavy atom. The summed E-state index contributed by atoms with van der Waals surface area (Å²) in [5.74, 6) is -2.00. The number of methoxy groups -OCH3 is 1. The molecule has 1 aromatic carbocycles. The van der Waals surface area contributed by atoms with Gasteiger partial charge in [-0.1, -0.05) is 62.7 Å². The van der Waals surface area contributed by atoms with Gasteiger partial charge in [0.05, 0.1) is 18.6 Å². The number of benzene rings is 1. The van der Waals surface area contributed by atoms with Crippen molar-refractivity contribution in [1.29, 1.82) is 0 Å². The molecule has 1 heterocycles. The third kappa shape index (κ3) is 7.87. The van der Waals surface area contributed by atoms with Gasteiger partial charge in [-0.25, -0.2) is 4.79 Å². The van der Waals surface area contributed by atoms with Crippen molar-refractivity contribution < 1.29 is 38.8 Å². The summed E-state index contributed by atoms with van der Waals surface area (Å²) in [6.07, 6.45) is 3.22. The van der Waals surface area contributed by atoms with Crippen LogP contribution in [0.2, 0.25) is 0 Å². The molecule has 2 aliphatic rings. The second-order valence-corrected chi connectivity index (χ2v) is 13.0. The minimum Gasteiger partial charge on any atom is -0.508 e. The molecule has 1 aliphatic carbocycles. The molecule has 1 aliphatic heterocycles. The van der Waals surface area contributed by atoms with Gasteiger partial charge < -0.3 is 24.4 Å². The molecule has 226 valence electrons. The molecule has 0 amide bonds. The third-order valence-corrected chi connectivity index (χ3v) is 9.09. The van der Waals surface area contributed by atoms with Crippen LogP contribution in [0.1, 0.15) is 78.9 Å². The number of rotatable bonds is 11. The van der Waals surface area contributed by atoms with Crippen LogP contribution in [-0.4, -0.2) is 53.4 Å². The molecule has 8 nitrogen and oxygen atoms in total. The molecule has 3 rings (SSSR count). The van der Waals surface area contributed by atoms with Crippen molar-refractivity contribution >= 4 is 33.7 Å².